The van der Waals surface area contributed by atoms with Crippen molar-refractivity contribution in [2.45, 2.75) is 379 Å². The normalized spacial score (nSPS) is 12.9. The van der Waals surface area contributed by atoms with Gasteiger partial charge in [0.1, 0.15) is 0 Å². The number of hydrogen-bond donors (Lipinski definition) is 3. The van der Waals surface area contributed by atoms with E-state index in [4.69, 9.17) is 4.74 Å². The van der Waals surface area contributed by atoms with Crippen LogP contribution in [0.5, 0.6) is 0 Å². The summed E-state index contributed by atoms with van der Waals surface area (Å²) in [6, 6.07) is -0.634. The zero-order valence-electron chi connectivity index (χ0n) is 52.9. The van der Waals surface area contributed by atoms with E-state index >= 15 is 0 Å². The number of aliphatic hydroxyl groups is 2. The summed E-state index contributed by atoms with van der Waals surface area (Å²) in [5.74, 6) is -0.110. The van der Waals surface area contributed by atoms with Crippen molar-refractivity contribution in [1.29, 1.82) is 0 Å². The molecule has 0 saturated carbocycles. The Morgan fingerprint density at radius 2 is 0.633 bits per heavy atom. The van der Waals surface area contributed by atoms with Crippen LogP contribution in [0.2, 0.25) is 0 Å². The first-order valence-electron chi connectivity index (χ1n) is 35.1. The van der Waals surface area contributed by atoms with Crippen LogP contribution in [0, 0.1) is 0 Å². The highest BCUT2D eigenvalue weighted by atomic mass is 16.5. The molecule has 462 valence electrons. The van der Waals surface area contributed by atoms with Gasteiger partial charge in [0.15, 0.2) is 0 Å². The molecule has 6 heteroatoms. The van der Waals surface area contributed by atoms with Crippen molar-refractivity contribution in [1.82, 2.24) is 5.32 Å². The fourth-order valence-electron chi connectivity index (χ4n) is 10.7. The number of amides is 1. The van der Waals surface area contributed by atoms with Crippen molar-refractivity contribution in [3.63, 3.8) is 0 Å². The van der Waals surface area contributed by atoms with E-state index in [2.05, 4.69) is 67.8 Å². The second-order valence-electron chi connectivity index (χ2n) is 23.9. The van der Waals surface area contributed by atoms with Crippen LogP contribution in [0.25, 0.3) is 0 Å². The molecule has 1 amide bonds. The maximum atomic E-state index is 12.5. The highest BCUT2D eigenvalue weighted by Crippen LogP contribution is 2.18. The molecule has 0 fully saturated rings. The molecule has 0 radical (unpaired) electrons. The number of aliphatic hydroxyl groups excluding tert-OH is 2. The number of unbranched alkanes of at least 4 members (excludes halogenated alkanes) is 46. The predicted octanol–water partition coefficient (Wildman–Crippen LogP) is 22.6. The molecule has 0 aromatic carbocycles. The third kappa shape index (κ3) is 64.6. The number of esters is 1. The third-order valence-corrected chi connectivity index (χ3v) is 16.0. The molecule has 0 aliphatic carbocycles. The van der Waals surface area contributed by atoms with Crippen molar-refractivity contribution in [2.24, 2.45) is 0 Å². The molecule has 2 atom stereocenters. The zero-order chi connectivity index (χ0) is 57.1. The summed E-state index contributed by atoms with van der Waals surface area (Å²) >= 11 is 0. The van der Waals surface area contributed by atoms with Crippen molar-refractivity contribution < 1.29 is 24.5 Å². The van der Waals surface area contributed by atoms with E-state index in [9.17, 15) is 19.8 Å². The Balaban J connectivity index is 3.47. The first-order valence-corrected chi connectivity index (χ1v) is 35.1. The van der Waals surface area contributed by atoms with Gasteiger partial charge in [0.2, 0.25) is 5.91 Å². The number of nitrogens with one attached hydrogen (secondary N) is 1. The van der Waals surface area contributed by atoms with Gasteiger partial charge >= 0.3 is 5.97 Å². The van der Waals surface area contributed by atoms with Gasteiger partial charge in [0.05, 0.1) is 25.4 Å². The molecule has 0 aliphatic rings. The Labute approximate surface area is 492 Å². The molecule has 0 saturated heterocycles. The number of carbonyl (C=O) groups excluding carboxylic acids is 2. The van der Waals surface area contributed by atoms with Crippen LogP contribution in [-0.4, -0.2) is 47.4 Å². The van der Waals surface area contributed by atoms with Crippen LogP contribution < -0.4 is 5.32 Å². The molecule has 0 bridgehead atoms. The molecular formula is C73H135NO5. The van der Waals surface area contributed by atoms with E-state index in [0.717, 1.165) is 57.8 Å². The van der Waals surface area contributed by atoms with Crippen molar-refractivity contribution in [3.05, 3.63) is 60.8 Å². The van der Waals surface area contributed by atoms with Gasteiger partial charge < -0.3 is 20.3 Å². The molecule has 2 unspecified atom stereocenters. The van der Waals surface area contributed by atoms with Crippen LogP contribution in [0.3, 0.4) is 0 Å². The molecule has 0 aromatic rings. The molecule has 0 aromatic heterocycles. The summed E-state index contributed by atoms with van der Waals surface area (Å²) in [6.07, 6.45) is 90.2. The van der Waals surface area contributed by atoms with Gasteiger partial charge in [-0.25, -0.2) is 0 Å². The highest BCUT2D eigenvalue weighted by Gasteiger charge is 2.18. The van der Waals surface area contributed by atoms with Crippen LogP contribution in [0.4, 0.5) is 0 Å². The highest BCUT2D eigenvalue weighted by molar-refractivity contribution is 5.76. The van der Waals surface area contributed by atoms with E-state index < -0.39 is 12.1 Å². The second-order valence-corrected chi connectivity index (χ2v) is 23.9. The first-order chi connectivity index (χ1) is 39.0. The molecule has 0 heterocycles. The lowest BCUT2D eigenvalue weighted by Gasteiger charge is -2.20. The number of carbonyl (C=O) groups is 2. The lowest BCUT2D eigenvalue weighted by atomic mass is 10.0. The Kier molecular flexibility index (Phi) is 66.0. The molecule has 0 aliphatic heterocycles. The molecule has 3 N–H and O–H groups in total. The third-order valence-electron chi connectivity index (χ3n) is 16.0. The fourth-order valence-corrected chi connectivity index (χ4v) is 10.7. The van der Waals surface area contributed by atoms with Gasteiger partial charge in [-0.05, 0) is 83.5 Å². The van der Waals surface area contributed by atoms with Gasteiger partial charge in [-0.15, -0.1) is 0 Å². The van der Waals surface area contributed by atoms with Gasteiger partial charge in [-0.2, -0.15) is 0 Å². The van der Waals surface area contributed by atoms with Crippen molar-refractivity contribution in [3.8, 4) is 0 Å². The van der Waals surface area contributed by atoms with Crippen LogP contribution >= 0.6 is 0 Å². The minimum atomic E-state index is -0.851. The summed E-state index contributed by atoms with van der Waals surface area (Å²) in [7, 11) is 0. The second kappa shape index (κ2) is 68.1. The monoisotopic (exact) mass is 1110 g/mol. The number of allylic oxidation sites excluding steroid dienone is 8. The van der Waals surface area contributed by atoms with E-state index in [1.165, 1.54) is 283 Å². The summed E-state index contributed by atoms with van der Waals surface area (Å²) in [4.78, 5) is 24.6. The van der Waals surface area contributed by atoms with Gasteiger partial charge in [0.25, 0.3) is 0 Å². The van der Waals surface area contributed by atoms with E-state index in [-0.39, 0.29) is 18.5 Å². The van der Waals surface area contributed by atoms with Crippen molar-refractivity contribution in [2.75, 3.05) is 13.2 Å². The van der Waals surface area contributed by atoms with E-state index in [1.54, 1.807) is 6.08 Å². The van der Waals surface area contributed by atoms with Gasteiger partial charge in [-0.1, -0.05) is 331 Å². The zero-order valence-corrected chi connectivity index (χ0v) is 52.9. The average molecular weight is 1110 g/mol. The summed E-state index contributed by atoms with van der Waals surface area (Å²) < 4.78 is 5.44. The maximum absolute atomic E-state index is 12.5. The quantitative estimate of drug-likeness (QED) is 0.0320. The fraction of sp³-hybridized carbons (Fsp3) is 0.836. The lowest BCUT2D eigenvalue weighted by Crippen LogP contribution is -2.45. The summed E-state index contributed by atoms with van der Waals surface area (Å²) in [5.41, 5.74) is 0. The molecule has 0 spiro atoms. The number of ether oxygens (including phenoxy) is 1. The molecule has 6 nitrogen and oxygen atoms in total. The Morgan fingerprint density at radius 1 is 0.354 bits per heavy atom. The predicted molar refractivity (Wildman–Crippen MR) is 347 cm³/mol. The molecular weight excluding hydrogens is 971 g/mol. The minimum Gasteiger partial charge on any atom is -0.465 e. The molecule has 79 heavy (non-hydrogen) atoms. The maximum Gasteiger partial charge on any atom is 0.305 e. The largest absolute Gasteiger partial charge is 0.465 e. The number of rotatable bonds is 65. The van der Waals surface area contributed by atoms with Gasteiger partial charge in [0, 0.05) is 12.8 Å². The Bertz CT molecular complexity index is 1370. The number of hydrogen-bond acceptors (Lipinski definition) is 5. The van der Waals surface area contributed by atoms with Crippen LogP contribution in [0.15, 0.2) is 60.8 Å². The minimum absolute atomic E-state index is 0.0395. The summed E-state index contributed by atoms with van der Waals surface area (Å²) in [5, 5.41) is 23.3. The van der Waals surface area contributed by atoms with E-state index in [1.807, 2.05) is 6.08 Å². The Hall–Kier alpha value is -2.44. The first kappa shape index (κ1) is 76.6. The molecule has 0 rings (SSSR count). The van der Waals surface area contributed by atoms with Crippen LogP contribution in [0.1, 0.15) is 367 Å². The van der Waals surface area contributed by atoms with Crippen molar-refractivity contribution >= 4 is 11.9 Å². The Morgan fingerprint density at radius 3 is 0.987 bits per heavy atom. The topological polar surface area (TPSA) is 95.9 Å². The summed E-state index contributed by atoms with van der Waals surface area (Å²) in [6.45, 7) is 4.79. The smallest absolute Gasteiger partial charge is 0.305 e. The lowest BCUT2D eigenvalue weighted by molar-refractivity contribution is -0.143. The standard InChI is InChI=1S/C73H135NO5/c1-3-5-7-9-11-13-15-17-19-21-23-24-26-30-33-37-41-45-49-53-57-61-65-71(76)70(69-75)74-72(77)66-62-58-54-50-46-42-38-34-31-27-25-28-32-36-40-44-48-52-56-60-64-68-79-73(78)67-63-59-55-51-47-43-39-35-29-22-20-18-16-14-12-10-8-6-4-2/h12,14,18,20,44,48,56,60-61,65,70-71,75-76H,3-11,13,15-17,19,21-43,45-47,49-55,57-59,62-64,66-69H2,1-2H3,(H,74,77)/b14-12-,20-18-,48-44-,60-56-,65-61+. The van der Waals surface area contributed by atoms with E-state index in [0.29, 0.717) is 19.4 Å². The average Bonchev–Trinajstić information content (AvgIpc) is 3.45. The SMILES string of the molecule is CCCCC/C=C\C/C=C\CCCCCCCCCCCC(=O)OCC/C=C\C/C=C\CCCCCCCCCCCCCCCCC(=O)NC(CO)C(O)/C=C/CCCCCCCCCCCCCCCCCCCCCC. The van der Waals surface area contributed by atoms with Crippen LogP contribution in [-0.2, 0) is 14.3 Å². The van der Waals surface area contributed by atoms with Gasteiger partial charge in [-0.3, -0.25) is 9.59 Å².